The van der Waals surface area contributed by atoms with E-state index in [9.17, 15) is 4.79 Å². The lowest BCUT2D eigenvalue weighted by Gasteiger charge is -2.02. The van der Waals surface area contributed by atoms with Crippen molar-refractivity contribution in [2.24, 2.45) is 16.5 Å². The van der Waals surface area contributed by atoms with Gasteiger partial charge < -0.3 is 21.9 Å². The second-order valence-corrected chi connectivity index (χ2v) is 3.54. The topological polar surface area (TPSA) is 114 Å². The van der Waals surface area contributed by atoms with Crippen molar-refractivity contribution in [1.29, 1.82) is 0 Å². The Morgan fingerprint density at radius 3 is 2.47 bits per heavy atom. The number of nitrogens with one attached hydrogen (secondary N) is 1. The van der Waals surface area contributed by atoms with Crippen molar-refractivity contribution in [3.63, 3.8) is 0 Å². The van der Waals surface area contributed by atoms with Gasteiger partial charge in [0, 0.05) is 6.54 Å². The first-order valence-corrected chi connectivity index (χ1v) is 5.23. The first-order chi connectivity index (χ1) is 8.08. The third kappa shape index (κ3) is 5.41. The van der Waals surface area contributed by atoms with Crippen LogP contribution in [0.15, 0.2) is 29.3 Å². The molecule has 6 nitrogen and oxygen atoms in total. The van der Waals surface area contributed by atoms with Crippen molar-refractivity contribution in [3.05, 3.63) is 29.8 Å². The summed E-state index contributed by atoms with van der Waals surface area (Å²) in [5, 5.41) is 10.7. The van der Waals surface area contributed by atoms with Gasteiger partial charge in [0.15, 0.2) is 5.96 Å². The molecule has 0 aliphatic heterocycles. The molecule has 0 saturated carbocycles. The minimum Gasteiger partial charge on any atom is -0.465 e. The minimum absolute atomic E-state index is 0.0309. The van der Waals surface area contributed by atoms with Crippen LogP contribution < -0.4 is 16.8 Å². The van der Waals surface area contributed by atoms with E-state index < -0.39 is 6.09 Å². The van der Waals surface area contributed by atoms with Gasteiger partial charge in [-0.05, 0) is 30.5 Å². The Bertz CT molecular complexity index is 396. The first-order valence-electron chi connectivity index (χ1n) is 5.23. The van der Waals surface area contributed by atoms with Gasteiger partial charge in [-0.1, -0.05) is 12.1 Å². The zero-order valence-electron chi connectivity index (χ0n) is 9.39. The summed E-state index contributed by atoms with van der Waals surface area (Å²) in [4.78, 5) is 14.1. The Morgan fingerprint density at radius 2 is 1.94 bits per heavy atom. The van der Waals surface area contributed by atoms with Crippen LogP contribution in [0.4, 0.5) is 10.5 Å². The maximum Gasteiger partial charge on any atom is 0.404 e. The summed E-state index contributed by atoms with van der Waals surface area (Å²) in [7, 11) is 0. The third-order valence-corrected chi connectivity index (χ3v) is 2.11. The van der Waals surface area contributed by atoms with E-state index in [1.807, 2.05) is 24.3 Å². The molecule has 0 saturated heterocycles. The fraction of sp³-hybridized carbons (Fsp3) is 0.273. The van der Waals surface area contributed by atoms with Crippen molar-refractivity contribution < 1.29 is 9.90 Å². The summed E-state index contributed by atoms with van der Waals surface area (Å²) in [6, 6.07) is 7.48. The van der Waals surface area contributed by atoms with Gasteiger partial charge in [-0.3, -0.25) is 0 Å². The fourth-order valence-electron chi connectivity index (χ4n) is 1.37. The number of nitrogens with two attached hydrogens (primary N) is 2. The second kappa shape index (κ2) is 6.37. The molecule has 0 aliphatic carbocycles. The molecule has 0 atom stereocenters. The lowest BCUT2D eigenvalue weighted by Crippen LogP contribution is -2.22. The highest BCUT2D eigenvalue weighted by atomic mass is 16.4. The van der Waals surface area contributed by atoms with E-state index in [-0.39, 0.29) is 5.96 Å². The molecule has 0 radical (unpaired) electrons. The number of amides is 1. The van der Waals surface area contributed by atoms with Gasteiger partial charge in [0.2, 0.25) is 0 Å². The quantitative estimate of drug-likeness (QED) is 0.344. The van der Waals surface area contributed by atoms with Crippen LogP contribution in [0.2, 0.25) is 0 Å². The number of aryl methyl sites for hydroxylation is 1. The third-order valence-electron chi connectivity index (χ3n) is 2.11. The van der Waals surface area contributed by atoms with E-state index in [0.29, 0.717) is 12.2 Å². The van der Waals surface area contributed by atoms with Crippen molar-refractivity contribution in [3.8, 4) is 0 Å². The predicted octanol–water partition coefficient (Wildman–Crippen LogP) is 0.792. The smallest absolute Gasteiger partial charge is 0.404 e. The van der Waals surface area contributed by atoms with Gasteiger partial charge in [-0.15, -0.1) is 0 Å². The standard InChI is InChI=1S/C11H16N4O2/c12-10(13)15-9-5-3-8(4-6-9)2-1-7-14-11(16)17/h3-6,14H,1-2,7H2,(H,16,17)(H4,12,13,15). The maximum absolute atomic E-state index is 10.2. The van der Waals surface area contributed by atoms with Gasteiger partial charge in [-0.2, -0.15) is 0 Å². The Hall–Kier alpha value is -2.24. The number of carboxylic acid groups (broad SMARTS) is 1. The normalized spacial score (nSPS) is 9.65. The van der Waals surface area contributed by atoms with Crippen LogP contribution in [0.25, 0.3) is 0 Å². The van der Waals surface area contributed by atoms with Gasteiger partial charge in [-0.25, -0.2) is 9.79 Å². The van der Waals surface area contributed by atoms with Crippen LogP contribution in [0.1, 0.15) is 12.0 Å². The van der Waals surface area contributed by atoms with Crippen molar-refractivity contribution in [1.82, 2.24) is 5.32 Å². The molecule has 1 aromatic rings. The molecule has 0 spiro atoms. The zero-order valence-corrected chi connectivity index (χ0v) is 9.39. The van der Waals surface area contributed by atoms with E-state index in [1.165, 1.54) is 0 Å². The summed E-state index contributed by atoms with van der Waals surface area (Å²) < 4.78 is 0. The highest BCUT2D eigenvalue weighted by molar-refractivity contribution is 5.78. The number of nitrogens with zero attached hydrogens (tertiary/aromatic N) is 1. The summed E-state index contributed by atoms with van der Waals surface area (Å²) in [6.45, 7) is 0.449. The molecule has 6 heteroatoms. The van der Waals surface area contributed by atoms with Crippen LogP contribution in [0.3, 0.4) is 0 Å². The number of guanidine groups is 1. The van der Waals surface area contributed by atoms with Gasteiger partial charge >= 0.3 is 6.09 Å². The molecule has 92 valence electrons. The molecule has 0 unspecified atom stereocenters. The van der Waals surface area contributed by atoms with Crippen LogP contribution >= 0.6 is 0 Å². The maximum atomic E-state index is 10.2. The van der Waals surface area contributed by atoms with Crippen molar-refractivity contribution in [2.75, 3.05) is 6.54 Å². The van der Waals surface area contributed by atoms with Crippen LogP contribution in [0.5, 0.6) is 0 Å². The molecular formula is C11H16N4O2. The number of carbonyl (C=O) groups is 1. The molecular weight excluding hydrogens is 220 g/mol. The number of benzene rings is 1. The van der Waals surface area contributed by atoms with Gasteiger partial charge in [0.05, 0.1) is 5.69 Å². The predicted molar refractivity (Wildman–Crippen MR) is 66.3 cm³/mol. The Morgan fingerprint density at radius 1 is 1.29 bits per heavy atom. The Labute approximate surface area is 99.3 Å². The summed E-state index contributed by atoms with van der Waals surface area (Å²) >= 11 is 0. The second-order valence-electron chi connectivity index (χ2n) is 3.54. The molecule has 0 aliphatic rings. The molecule has 0 heterocycles. The lowest BCUT2D eigenvalue weighted by molar-refractivity contribution is 0.194. The summed E-state index contributed by atoms with van der Waals surface area (Å²) in [6.07, 6.45) is 0.573. The van der Waals surface area contributed by atoms with E-state index in [1.54, 1.807) is 0 Å². The average Bonchev–Trinajstić information content (AvgIpc) is 2.25. The molecule has 0 aromatic heterocycles. The number of hydrogen-bond donors (Lipinski definition) is 4. The molecule has 1 rings (SSSR count). The number of aliphatic imine (C=N–C) groups is 1. The molecule has 0 fully saturated rings. The Kier molecular flexibility index (Phi) is 4.80. The van der Waals surface area contributed by atoms with Crippen molar-refractivity contribution >= 4 is 17.7 Å². The van der Waals surface area contributed by atoms with Gasteiger partial charge in [0.1, 0.15) is 0 Å². The van der Waals surface area contributed by atoms with E-state index in [4.69, 9.17) is 16.6 Å². The molecule has 1 amide bonds. The van der Waals surface area contributed by atoms with Crippen LogP contribution in [0, 0.1) is 0 Å². The minimum atomic E-state index is -0.992. The number of rotatable bonds is 5. The van der Waals surface area contributed by atoms with Gasteiger partial charge in [0.25, 0.3) is 0 Å². The van der Waals surface area contributed by atoms with Crippen molar-refractivity contribution in [2.45, 2.75) is 12.8 Å². The monoisotopic (exact) mass is 236 g/mol. The van der Waals surface area contributed by atoms with Crippen LogP contribution in [-0.4, -0.2) is 23.7 Å². The summed E-state index contributed by atoms with van der Waals surface area (Å²) in [5.41, 5.74) is 12.3. The lowest BCUT2D eigenvalue weighted by atomic mass is 10.1. The average molecular weight is 236 g/mol. The molecule has 1 aromatic carbocycles. The largest absolute Gasteiger partial charge is 0.465 e. The summed E-state index contributed by atoms with van der Waals surface area (Å²) in [5.74, 6) is 0.0309. The molecule has 0 bridgehead atoms. The zero-order chi connectivity index (χ0) is 12.7. The number of hydrogen-bond acceptors (Lipinski definition) is 2. The highest BCUT2D eigenvalue weighted by Gasteiger charge is 1.96. The molecule has 17 heavy (non-hydrogen) atoms. The van der Waals surface area contributed by atoms with E-state index in [0.717, 1.165) is 18.4 Å². The molecule has 6 N–H and O–H groups in total. The van der Waals surface area contributed by atoms with E-state index >= 15 is 0 Å². The van der Waals surface area contributed by atoms with E-state index in [2.05, 4.69) is 10.3 Å². The van der Waals surface area contributed by atoms with Crippen LogP contribution in [-0.2, 0) is 6.42 Å². The Balaban J connectivity index is 2.40. The SMILES string of the molecule is NC(N)=Nc1ccc(CCCNC(=O)O)cc1. The highest BCUT2D eigenvalue weighted by Crippen LogP contribution is 2.13. The first kappa shape index (κ1) is 12.8. The fourth-order valence-corrected chi connectivity index (χ4v) is 1.37.